The molecule has 0 aliphatic carbocycles. The molecule has 168 valence electrons. The van der Waals surface area contributed by atoms with Gasteiger partial charge in [0.1, 0.15) is 11.5 Å². The molecular weight excluding hydrogens is 410 g/mol. The Morgan fingerprint density at radius 3 is 2.52 bits per heavy atom. The molecular formula is C24H33N3O3S. The Labute approximate surface area is 191 Å². The van der Waals surface area contributed by atoms with Crippen molar-refractivity contribution in [2.24, 2.45) is 0 Å². The molecule has 3 rings (SSSR count). The average Bonchev–Trinajstić information content (AvgIpc) is 2.80. The molecule has 6 nitrogen and oxygen atoms in total. The van der Waals surface area contributed by atoms with E-state index in [9.17, 15) is 0 Å². The third-order valence-corrected chi connectivity index (χ3v) is 5.85. The Morgan fingerprint density at radius 2 is 1.84 bits per heavy atom. The SMILES string of the molecule is COc1ccc(CN(CCCN2CCOCC2)C(=S)Nc2ccc(C)c(OC)c2)cc1. The van der Waals surface area contributed by atoms with Gasteiger partial charge in [-0.05, 0) is 54.9 Å². The molecule has 0 spiro atoms. The van der Waals surface area contributed by atoms with Crippen molar-refractivity contribution < 1.29 is 14.2 Å². The molecule has 7 heteroatoms. The third-order valence-electron chi connectivity index (χ3n) is 5.49. The summed E-state index contributed by atoms with van der Waals surface area (Å²) in [4.78, 5) is 4.68. The Bertz CT molecular complexity index is 838. The van der Waals surface area contributed by atoms with Crippen molar-refractivity contribution in [2.45, 2.75) is 19.9 Å². The molecule has 1 aliphatic rings. The molecule has 1 N–H and O–H groups in total. The predicted molar refractivity (Wildman–Crippen MR) is 129 cm³/mol. The summed E-state index contributed by atoms with van der Waals surface area (Å²) in [6.45, 7) is 8.34. The van der Waals surface area contributed by atoms with E-state index < -0.39 is 0 Å². The topological polar surface area (TPSA) is 46.2 Å². The summed E-state index contributed by atoms with van der Waals surface area (Å²) in [5.41, 5.74) is 3.22. The maximum atomic E-state index is 5.80. The van der Waals surface area contributed by atoms with Gasteiger partial charge in [-0.25, -0.2) is 0 Å². The minimum absolute atomic E-state index is 0.712. The lowest BCUT2D eigenvalue weighted by Gasteiger charge is -2.30. The van der Waals surface area contributed by atoms with Crippen LogP contribution < -0.4 is 14.8 Å². The molecule has 0 amide bonds. The van der Waals surface area contributed by atoms with Crippen LogP contribution in [0.4, 0.5) is 5.69 Å². The molecule has 31 heavy (non-hydrogen) atoms. The summed E-state index contributed by atoms with van der Waals surface area (Å²) in [5.74, 6) is 1.71. The van der Waals surface area contributed by atoms with Crippen molar-refractivity contribution in [1.82, 2.24) is 9.80 Å². The maximum Gasteiger partial charge on any atom is 0.173 e. The molecule has 1 heterocycles. The van der Waals surface area contributed by atoms with Gasteiger partial charge >= 0.3 is 0 Å². The summed E-state index contributed by atoms with van der Waals surface area (Å²) in [6.07, 6.45) is 1.04. The van der Waals surface area contributed by atoms with Crippen molar-refractivity contribution >= 4 is 23.0 Å². The summed E-state index contributed by atoms with van der Waals surface area (Å²) < 4.78 is 16.2. The van der Waals surface area contributed by atoms with E-state index in [1.165, 1.54) is 5.56 Å². The highest BCUT2D eigenvalue weighted by Crippen LogP contribution is 2.23. The molecule has 0 saturated carbocycles. The van der Waals surface area contributed by atoms with E-state index in [2.05, 4.69) is 27.2 Å². The van der Waals surface area contributed by atoms with Crippen LogP contribution in [0.2, 0.25) is 0 Å². The number of nitrogens with one attached hydrogen (secondary N) is 1. The fraction of sp³-hybridized carbons (Fsp3) is 0.458. The second-order valence-electron chi connectivity index (χ2n) is 7.69. The number of aryl methyl sites for hydroxylation is 1. The first-order chi connectivity index (χ1) is 15.1. The zero-order valence-electron chi connectivity index (χ0n) is 18.7. The lowest BCUT2D eigenvalue weighted by Crippen LogP contribution is -2.40. The van der Waals surface area contributed by atoms with Gasteiger partial charge in [-0.15, -0.1) is 0 Å². The largest absolute Gasteiger partial charge is 0.497 e. The van der Waals surface area contributed by atoms with Crippen LogP contribution in [-0.4, -0.2) is 68.5 Å². The van der Waals surface area contributed by atoms with Gasteiger partial charge in [-0.3, -0.25) is 4.90 Å². The van der Waals surface area contributed by atoms with Crippen molar-refractivity contribution in [3.63, 3.8) is 0 Å². The molecule has 1 aliphatic heterocycles. The maximum absolute atomic E-state index is 5.80. The van der Waals surface area contributed by atoms with Crippen LogP contribution >= 0.6 is 12.2 Å². The fourth-order valence-electron chi connectivity index (χ4n) is 3.61. The van der Waals surface area contributed by atoms with Gasteiger partial charge in [0.25, 0.3) is 0 Å². The van der Waals surface area contributed by atoms with Crippen LogP contribution in [0.25, 0.3) is 0 Å². The number of rotatable bonds is 9. The fourth-order valence-corrected chi connectivity index (χ4v) is 3.89. The van der Waals surface area contributed by atoms with E-state index in [-0.39, 0.29) is 0 Å². The number of morpholine rings is 1. The van der Waals surface area contributed by atoms with Gasteiger partial charge in [-0.2, -0.15) is 0 Å². The molecule has 0 atom stereocenters. The normalized spacial score (nSPS) is 14.2. The standard InChI is InChI=1S/C24H33N3O3S/c1-19-5-8-21(17-23(19)29-3)25-24(31)27(12-4-11-26-13-15-30-16-14-26)18-20-6-9-22(28-2)10-7-20/h5-10,17H,4,11-16,18H2,1-3H3,(H,25,31). The number of benzene rings is 2. The lowest BCUT2D eigenvalue weighted by atomic mass is 10.2. The zero-order chi connectivity index (χ0) is 22.1. The average molecular weight is 444 g/mol. The molecule has 0 aromatic heterocycles. The second kappa shape index (κ2) is 11.9. The highest BCUT2D eigenvalue weighted by Gasteiger charge is 2.14. The van der Waals surface area contributed by atoms with Crippen LogP contribution in [-0.2, 0) is 11.3 Å². The van der Waals surface area contributed by atoms with Gasteiger partial charge in [0.2, 0.25) is 0 Å². The Hall–Kier alpha value is -2.35. The highest BCUT2D eigenvalue weighted by molar-refractivity contribution is 7.80. The smallest absolute Gasteiger partial charge is 0.173 e. The highest BCUT2D eigenvalue weighted by atomic mass is 32.1. The van der Waals surface area contributed by atoms with Crippen molar-refractivity contribution in [1.29, 1.82) is 0 Å². The van der Waals surface area contributed by atoms with Crippen LogP contribution in [0.1, 0.15) is 17.5 Å². The van der Waals surface area contributed by atoms with Gasteiger partial charge in [0, 0.05) is 44.5 Å². The number of methoxy groups -OCH3 is 2. The van der Waals surface area contributed by atoms with E-state index in [0.717, 1.165) is 75.1 Å². The third kappa shape index (κ3) is 7.09. The van der Waals surface area contributed by atoms with Gasteiger partial charge in [0.15, 0.2) is 5.11 Å². The van der Waals surface area contributed by atoms with E-state index in [1.807, 2.05) is 37.3 Å². The van der Waals surface area contributed by atoms with Crippen molar-refractivity contribution in [3.05, 3.63) is 53.6 Å². The van der Waals surface area contributed by atoms with Gasteiger partial charge < -0.3 is 24.4 Å². The molecule has 2 aromatic rings. The minimum Gasteiger partial charge on any atom is -0.497 e. The van der Waals surface area contributed by atoms with E-state index >= 15 is 0 Å². The monoisotopic (exact) mass is 443 g/mol. The first-order valence-corrected chi connectivity index (χ1v) is 11.1. The Balaban J connectivity index is 1.65. The summed E-state index contributed by atoms with van der Waals surface area (Å²) in [7, 11) is 3.37. The predicted octanol–water partition coefficient (Wildman–Crippen LogP) is 3.93. The number of anilines is 1. The molecule has 1 saturated heterocycles. The van der Waals surface area contributed by atoms with Gasteiger partial charge in [-0.1, -0.05) is 18.2 Å². The number of hydrogen-bond acceptors (Lipinski definition) is 5. The summed E-state index contributed by atoms with van der Waals surface area (Å²) >= 11 is 5.80. The van der Waals surface area contributed by atoms with Crippen molar-refractivity contribution in [3.8, 4) is 11.5 Å². The number of hydrogen-bond donors (Lipinski definition) is 1. The quantitative estimate of drug-likeness (QED) is 0.589. The molecule has 1 fully saturated rings. The lowest BCUT2D eigenvalue weighted by molar-refractivity contribution is 0.0368. The Kier molecular flexibility index (Phi) is 8.94. The van der Waals surface area contributed by atoms with Crippen molar-refractivity contribution in [2.75, 3.05) is 58.9 Å². The summed E-state index contributed by atoms with van der Waals surface area (Å²) in [6, 6.07) is 14.2. The summed E-state index contributed by atoms with van der Waals surface area (Å²) in [5, 5.41) is 4.11. The van der Waals surface area contributed by atoms with E-state index in [4.69, 9.17) is 26.4 Å². The molecule has 0 radical (unpaired) electrons. The molecule has 0 bridgehead atoms. The second-order valence-corrected chi connectivity index (χ2v) is 8.08. The number of ether oxygens (including phenoxy) is 3. The molecule has 0 unspecified atom stereocenters. The first-order valence-electron chi connectivity index (χ1n) is 10.7. The molecule has 2 aromatic carbocycles. The number of nitrogens with zero attached hydrogens (tertiary/aromatic N) is 2. The van der Waals surface area contributed by atoms with E-state index in [0.29, 0.717) is 5.11 Å². The van der Waals surface area contributed by atoms with Gasteiger partial charge in [0.05, 0.1) is 27.4 Å². The van der Waals surface area contributed by atoms with Crippen LogP contribution in [0.15, 0.2) is 42.5 Å². The Morgan fingerprint density at radius 1 is 1.10 bits per heavy atom. The van der Waals surface area contributed by atoms with Crippen LogP contribution in [0, 0.1) is 6.92 Å². The number of thiocarbonyl (C=S) groups is 1. The minimum atomic E-state index is 0.712. The van der Waals surface area contributed by atoms with Crippen LogP contribution in [0.5, 0.6) is 11.5 Å². The van der Waals surface area contributed by atoms with Crippen LogP contribution in [0.3, 0.4) is 0 Å². The zero-order valence-corrected chi connectivity index (χ0v) is 19.5. The first kappa shape index (κ1) is 23.3. The van der Waals surface area contributed by atoms with E-state index in [1.54, 1.807) is 14.2 Å².